The van der Waals surface area contributed by atoms with Crippen molar-refractivity contribution in [1.82, 2.24) is 30.7 Å². The van der Waals surface area contributed by atoms with Crippen LogP contribution in [0.5, 0.6) is 0 Å². The summed E-state index contributed by atoms with van der Waals surface area (Å²) in [6.45, 7) is 3.79. The van der Waals surface area contributed by atoms with E-state index < -0.39 is 5.91 Å². The van der Waals surface area contributed by atoms with Gasteiger partial charge in [-0.15, -0.1) is 28.2 Å². The Kier molecular flexibility index (Phi) is 6.53. The molecule has 3 heterocycles. The number of aromatic nitrogens is 5. The lowest BCUT2D eigenvalue weighted by Crippen LogP contribution is -2.21. The number of nitrogens with one attached hydrogen (secondary N) is 1. The highest BCUT2D eigenvalue weighted by Crippen LogP contribution is 2.26. The molecule has 0 saturated carbocycles. The van der Waals surface area contributed by atoms with E-state index in [2.05, 4.69) is 35.8 Å². The van der Waals surface area contributed by atoms with Crippen molar-refractivity contribution in [2.45, 2.75) is 24.5 Å². The van der Waals surface area contributed by atoms with Crippen LogP contribution in [0.25, 0.3) is 5.82 Å². The second-order valence-electron chi connectivity index (χ2n) is 6.61. The van der Waals surface area contributed by atoms with Gasteiger partial charge in [0.05, 0.1) is 20.6 Å². The number of rotatable bonds is 7. The zero-order valence-electron chi connectivity index (χ0n) is 16.9. The van der Waals surface area contributed by atoms with Gasteiger partial charge in [-0.25, -0.2) is 10.1 Å². The molecule has 32 heavy (non-hydrogen) atoms. The number of thiophene rings is 1. The number of nitrogens with two attached hydrogens (primary N) is 1. The average Bonchev–Trinajstić information content (AvgIpc) is 3.51. The van der Waals surface area contributed by atoms with Crippen LogP contribution >= 0.6 is 34.7 Å². The molecule has 0 bridgehead atoms. The molecule has 4 aromatic rings. The van der Waals surface area contributed by atoms with E-state index in [9.17, 15) is 4.79 Å². The summed E-state index contributed by atoms with van der Waals surface area (Å²) in [5, 5.41) is 19.6. The number of aryl methyl sites for hydroxylation is 1. The van der Waals surface area contributed by atoms with Crippen molar-refractivity contribution in [2.24, 2.45) is 5.10 Å². The van der Waals surface area contributed by atoms with Crippen LogP contribution in [0.15, 0.2) is 51.0 Å². The first kappa shape index (κ1) is 22.0. The van der Waals surface area contributed by atoms with Gasteiger partial charge in [-0.3, -0.25) is 4.79 Å². The van der Waals surface area contributed by atoms with Crippen LogP contribution in [-0.4, -0.2) is 36.9 Å². The third-order valence-electron chi connectivity index (χ3n) is 4.33. The molecule has 4 rings (SSSR count). The van der Waals surface area contributed by atoms with E-state index in [0.717, 1.165) is 15.3 Å². The summed E-state index contributed by atoms with van der Waals surface area (Å²) in [5.41, 5.74) is 10.7. The molecule has 0 aliphatic carbocycles. The molecule has 0 aliphatic heterocycles. The van der Waals surface area contributed by atoms with Crippen LogP contribution in [0.3, 0.4) is 0 Å². The minimum atomic E-state index is -0.521. The van der Waals surface area contributed by atoms with Gasteiger partial charge in [-0.2, -0.15) is 9.78 Å². The number of hydrogen-bond donors (Lipinski definition) is 2. The van der Waals surface area contributed by atoms with Gasteiger partial charge in [0.15, 0.2) is 5.69 Å². The molecule has 0 atom stereocenters. The standard InChI is InChI=1S/C19H17ClN8O2S2/c1-10-3-5-12(6-4-10)31-9-13-16(23-27-28(13)18-17(21)25-30-26-18)19(29)24-22-11(2)14-7-8-15(20)32-14/h3-8H,9H2,1-2H3,(H2,21,25)(H,24,29). The number of thioether (sulfide) groups is 1. The molecule has 13 heteroatoms. The van der Waals surface area contributed by atoms with Crippen molar-refractivity contribution in [2.75, 3.05) is 5.73 Å². The Morgan fingerprint density at radius 1 is 1.28 bits per heavy atom. The minimum absolute atomic E-state index is 0.0342. The Morgan fingerprint density at radius 3 is 2.72 bits per heavy atom. The topological polar surface area (TPSA) is 137 Å². The van der Waals surface area contributed by atoms with E-state index in [4.69, 9.17) is 17.3 Å². The van der Waals surface area contributed by atoms with Crippen molar-refractivity contribution in [1.29, 1.82) is 0 Å². The van der Waals surface area contributed by atoms with Crippen LogP contribution < -0.4 is 11.2 Å². The predicted molar refractivity (Wildman–Crippen MR) is 123 cm³/mol. The highest BCUT2D eigenvalue weighted by atomic mass is 35.5. The van der Waals surface area contributed by atoms with Crippen molar-refractivity contribution in [3.8, 4) is 5.82 Å². The highest BCUT2D eigenvalue weighted by molar-refractivity contribution is 7.98. The number of hydrogen-bond acceptors (Lipinski definition) is 10. The summed E-state index contributed by atoms with van der Waals surface area (Å²) < 4.78 is 6.66. The smallest absolute Gasteiger partial charge is 0.293 e. The molecule has 1 aromatic carbocycles. The fraction of sp³-hybridized carbons (Fsp3) is 0.158. The molecule has 164 valence electrons. The number of carbonyl (C=O) groups is 1. The van der Waals surface area contributed by atoms with Crippen LogP contribution in [-0.2, 0) is 5.75 Å². The van der Waals surface area contributed by atoms with Crippen molar-refractivity contribution in [3.05, 3.63) is 62.6 Å². The van der Waals surface area contributed by atoms with E-state index in [1.54, 1.807) is 13.0 Å². The van der Waals surface area contributed by atoms with E-state index in [-0.39, 0.29) is 17.3 Å². The Morgan fingerprint density at radius 2 is 2.06 bits per heavy atom. The lowest BCUT2D eigenvalue weighted by Gasteiger charge is -2.06. The van der Waals surface area contributed by atoms with Gasteiger partial charge >= 0.3 is 0 Å². The quantitative estimate of drug-likeness (QED) is 0.228. The van der Waals surface area contributed by atoms with E-state index in [1.807, 2.05) is 37.3 Å². The molecule has 0 fully saturated rings. The first-order valence-electron chi connectivity index (χ1n) is 9.25. The van der Waals surface area contributed by atoms with Gasteiger partial charge in [0.2, 0.25) is 11.6 Å². The van der Waals surface area contributed by atoms with Crippen molar-refractivity contribution >= 4 is 52.1 Å². The number of halogens is 1. The maximum Gasteiger partial charge on any atom is 0.293 e. The molecule has 0 aliphatic rings. The minimum Gasteiger partial charge on any atom is -0.378 e. The van der Waals surface area contributed by atoms with Crippen LogP contribution in [0.4, 0.5) is 5.82 Å². The van der Waals surface area contributed by atoms with E-state index >= 15 is 0 Å². The molecular weight excluding hydrogens is 472 g/mol. The molecule has 0 radical (unpaired) electrons. The second-order valence-corrected chi connectivity index (χ2v) is 9.38. The first-order valence-corrected chi connectivity index (χ1v) is 11.4. The molecule has 3 N–H and O–H groups in total. The molecule has 10 nitrogen and oxygen atoms in total. The fourth-order valence-corrected chi connectivity index (χ4v) is 4.53. The molecule has 0 saturated heterocycles. The Labute approximate surface area is 195 Å². The number of hydrazone groups is 1. The summed E-state index contributed by atoms with van der Waals surface area (Å²) in [5.74, 6) is 0.0394. The predicted octanol–water partition coefficient (Wildman–Crippen LogP) is 3.70. The number of nitrogens with zero attached hydrogens (tertiary/aromatic N) is 6. The van der Waals surface area contributed by atoms with Gasteiger partial charge in [0.1, 0.15) is 0 Å². The fourth-order valence-electron chi connectivity index (χ4n) is 2.65. The van der Waals surface area contributed by atoms with Crippen LogP contribution in [0, 0.1) is 6.92 Å². The van der Waals surface area contributed by atoms with Gasteiger partial charge < -0.3 is 5.73 Å². The zero-order chi connectivity index (χ0) is 22.7. The summed E-state index contributed by atoms with van der Waals surface area (Å²) in [6, 6.07) is 11.6. The molecule has 0 unspecified atom stereocenters. The van der Waals surface area contributed by atoms with E-state index in [0.29, 0.717) is 21.5 Å². The third-order valence-corrected chi connectivity index (χ3v) is 6.69. The average molecular weight is 489 g/mol. The Balaban J connectivity index is 1.60. The van der Waals surface area contributed by atoms with Crippen LogP contribution in [0.2, 0.25) is 4.34 Å². The monoisotopic (exact) mass is 488 g/mol. The Hall–Kier alpha value is -3.22. The molecule has 1 amide bonds. The van der Waals surface area contributed by atoms with Gasteiger partial charge in [0, 0.05) is 10.6 Å². The van der Waals surface area contributed by atoms with Crippen molar-refractivity contribution in [3.63, 3.8) is 0 Å². The lowest BCUT2D eigenvalue weighted by atomic mass is 10.2. The maximum absolute atomic E-state index is 12.9. The Bertz CT molecular complexity index is 1280. The normalized spacial score (nSPS) is 11.7. The van der Waals surface area contributed by atoms with Gasteiger partial charge in [0.25, 0.3) is 5.91 Å². The van der Waals surface area contributed by atoms with Gasteiger partial charge in [-0.1, -0.05) is 34.5 Å². The van der Waals surface area contributed by atoms with Crippen LogP contribution in [0.1, 0.15) is 33.5 Å². The number of carbonyl (C=O) groups excluding carboxylic acids is 1. The molecule has 3 aromatic heterocycles. The number of benzene rings is 1. The highest BCUT2D eigenvalue weighted by Gasteiger charge is 2.24. The first-order chi connectivity index (χ1) is 15.4. The molecular formula is C19H17ClN8O2S2. The summed E-state index contributed by atoms with van der Waals surface area (Å²) >= 11 is 8.84. The zero-order valence-corrected chi connectivity index (χ0v) is 19.3. The number of nitrogen functional groups attached to an aromatic ring is 1. The maximum atomic E-state index is 12.9. The third kappa shape index (κ3) is 4.82. The SMILES string of the molecule is CC(=NNC(=O)c1nnn(-c2nonc2N)c1CSc1ccc(C)cc1)c1ccc(Cl)s1. The lowest BCUT2D eigenvalue weighted by molar-refractivity contribution is 0.0949. The van der Waals surface area contributed by atoms with Gasteiger partial charge in [-0.05, 0) is 48.4 Å². The van der Waals surface area contributed by atoms with E-state index in [1.165, 1.54) is 27.8 Å². The number of amides is 1. The summed E-state index contributed by atoms with van der Waals surface area (Å²) in [4.78, 5) is 14.7. The summed E-state index contributed by atoms with van der Waals surface area (Å²) in [7, 11) is 0. The second kappa shape index (κ2) is 9.51. The summed E-state index contributed by atoms with van der Waals surface area (Å²) in [6.07, 6.45) is 0. The van der Waals surface area contributed by atoms with Crippen molar-refractivity contribution < 1.29 is 9.42 Å². The molecule has 0 spiro atoms. The largest absolute Gasteiger partial charge is 0.378 e. The number of anilines is 1.